The van der Waals surface area contributed by atoms with Crippen molar-refractivity contribution in [2.24, 2.45) is 5.92 Å². The van der Waals surface area contributed by atoms with E-state index in [1.807, 2.05) is 12.3 Å². The molecule has 112 valence electrons. The summed E-state index contributed by atoms with van der Waals surface area (Å²) in [6.07, 6.45) is 3.15. The Morgan fingerprint density at radius 1 is 1.29 bits per heavy atom. The first-order valence-corrected chi connectivity index (χ1v) is 8.01. The van der Waals surface area contributed by atoms with Crippen molar-refractivity contribution in [3.63, 3.8) is 0 Å². The molecule has 0 spiro atoms. The fraction of sp³-hybridized carbons (Fsp3) is 0.500. The Kier molecular flexibility index (Phi) is 4.51. The molecule has 0 aliphatic carbocycles. The van der Waals surface area contributed by atoms with E-state index in [4.69, 9.17) is 0 Å². The number of piperazine rings is 1. The molecular formula is C18H25N3. The van der Waals surface area contributed by atoms with Crippen molar-refractivity contribution in [3.05, 3.63) is 42.1 Å². The minimum absolute atomic E-state index is 0.637. The van der Waals surface area contributed by atoms with Crippen LogP contribution in [0.1, 0.15) is 25.8 Å². The maximum Gasteiger partial charge on any atom is 0.0746 e. The van der Waals surface area contributed by atoms with Crippen LogP contribution >= 0.6 is 0 Å². The molecule has 0 saturated carbocycles. The van der Waals surface area contributed by atoms with Gasteiger partial charge in [0.05, 0.1) is 5.52 Å². The maximum absolute atomic E-state index is 4.59. The molecule has 0 radical (unpaired) electrons. The van der Waals surface area contributed by atoms with Crippen LogP contribution in [0.2, 0.25) is 0 Å². The average Bonchev–Trinajstić information content (AvgIpc) is 2.49. The second kappa shape index (κ2) is 6.54. The van der Waals surface area contributed by atoms with E-state index in [1.54, 1.807) is 0 Å². The van der Waals surface area contributed by atoms with Crippen molar-refractivity contribution in [3.8, 4) is 0 Å². The molecule has 1 aromatic heterocycles. The summed E-state index contributed by atoms with van der Waals surface area (Å²) >= 11 is 0. The minimum Gasteiger partial charge on any atom is -0.314 e. The van der Waals surface area contributed by atoms with Crippen LogP contribution in [0.25, 0.3) is 10.9 Å². The average molecular weight is 283 g/mol. The molecule has 1 aromatic carbocycles. The molecule has 1 fully saturated rings. The van der Waals surface area contributed by atoms with E-state index < -0.39 is 0 Å². The van der Waals surface area contributed by atoms with E-state index in [2.05, 4.69) is 53.3 Å². The molecule has 3 rings (SSSR count). The zero-order valence-corrected chi connectivity index (χ0v) is 13.0. The normalized spacial score (nSPS) is 20.2. The Labute approximate surface area is 127 Å². The number of rotatable bonds is 4. The van der Waals surface area contributed by atoms with E-state index in [1.165, 1.54) is 17.4 Å². The Morgan fingerprint density at radius 3 is 3.00 bits per heavy atom. The van der Waals surface area contributed by atoms with Gasteiger partial charge in [-0.05, 0) is 24.0 Å². The first-order valence-electron chi connectivity index (χ1n) is 8.01. The smallest absolute Gasteiger partial charge is 0.0746 e. The van der Waals surface area contributed by atoms with Crippen LogP contribution in [0.15, 0.2) is 36.5 Å². The van der Waals surface area contributed by atoms with Crippen molar-refractivity contribution in [1.82, 2.24) is 15.2 Å². The van der Waals surface area contributed by atoms with Gasteiger partial charge in [0.25, 0.3) is 0 Å². The van der Waals surface area contributed by atoms with Gasteiger partial charge in [0.2, 0.25) is 0 Å². The second-order valence-electron chi connectivity index (χ2n) is 6.45. The molecular weight excluding hydrogens is 258 g/mol. The molecule has 1 N–H and O–H groups in total. The Hall–Kier alpha value is -1.45. The monoisotopic (exact) mass is 283 g/mol. The Morgan fingerprint density at radius 2 is 2.14 bits per heavy atom. The standard InChI is InChI=1S/C18H25N3/c1-14(2)11-17-12-19-9-10-21(17)13-16-6-3-5-15-7-4-8-20-18(15)16/h3-8,14,17,19H,9-13H2,1-2H3. The molecule has 1 saturated heterocycles. The number of nitrogens with one attached hydrogen (secondary N) is 1. The molecule has 3 heteroatoms. The predicted octanol–water partition coefficient (Wildman–Crippen LogP) is 3.05. The summed E-state index contributed by atoms with van der Waals surface area (Å²) in [5, 5.41) is 4.78. The van der Waals surface area contributed by atoms with Gasteiger partial charge in [-0.2, -0.15) is 0 Å². The molecule has 3 nitrogen and oxygen atoms in total. The molecule has 2 aromatic rings. The van der Waals surface area contributed by atoms with Gasteiger partial charge >= 0.3 is 0 Å². The molecule has 1 aliphatic heterocycles. The van der Waals surface area contributed by atoms with Crippen LogP contribution in [-0.2, 0) is 6.54 Å². The van der Waals surface area contributed by atoms with Crippen molar-refractivity contribution < 1.29 is 0 Å². The lowest BCUT2D eigenvalue weighted by Crippen LogP contribution is -2.51. The molecule has 1 aliphatic rings. The van der Waals surface area contributed by atoms with Crippen LogP contribution in [0, 0.1) is 5.92 Å². The minimum atomic E-state index is 0.637. The van der Waals surface area contributed by atoms with Gasteiger partial charge in [-0.25, -0.2) is 0 Å². The van der Waals surface area contributed by atoms with E-state index in [-0.39, 0.29) is 0 Å². The zero-order chi connectivity index (χ0) is 14.7. The van der Waals surface area contributed by atoms with Gasteiger partial charge < -0.3 is 5.32 Å². The first kappa shape index (κ1) is 14.5. The molecule has 0 bridgehead atoms. The van der Waals surface area contributed by atoms with Crippen molar-refractivity contribution in [1.29, 1.82) is 0 Å². The summed E-state index contributed by atoms with van der Waals surface area (Å²) < 4.78 is 0. The van der Waals surface area contributed by atoms with E-state index in [0.717, 1.165) is 37.6 Å². The van der Waals surface area contributed by atoms with Crippen molar-refractivity contribution in [2.45, 2.75) is 32.9 Å². The van der Waals surface area contributed by atoms with Crippen molar-refractivity contribution >= 4 is 10.9 Å². The molecule has 1 unspecified atom stereocenters. The van der Waals surface area contributed by atoms with Gasteiger partial charge in [0, 0.05) is 43.8 Å². The molecule has 1 atom stereocenters. The van der Waals surface area contributed by atoms with E-state index in [0.29, 0.717) is 6.04 Å². The second-order valence-corrected chi connectivity index (χ2v) is 6.45. The van der Waals surface area contributed by atoms with Crippen LogP contribution < -0.4 is 5.32 Å². The van der Waals surface area contributed by atoms with Gasteiger partial charge in [-0.15, -0.1) is 0 Å². The largest absolute Gasteiger partial charge is 0.314 e. The highest BCUT2D eigenvalue weighted by Crippen LogP contribution is 2.21. The third kappa shape index (κ3) is 3.42. The van der Waals surface area contributed by atoms with E-state index >= 15 is 0 Å². The van der Waals surface area contributed by atoms with Crippen LogP contribution in [0.4, 0.5) is 0 Å². The summed E-state index contributed by atoms with van der Waals surface area (Å²) in [4.78, 5) is 7.22. The summed E-state index contributed by atoms with van der Waals surface area (Å²) in [6, 6.07) is 11.3. The van der Waals surface area contributed by atoms with Crippen LogP contribution in [-0.4, -0.2) is 35.6 Å². The third-order valence-electron chi connectivity index (χ3n) is 4.31. The van der Waals surface area contributed by atoms with E-state index in [9.17, 15) is 0 Å². The number of benzene rings is 1. The third-order valence-corrected chi connectivity index (χ3v) is 4.31. The molecule has 21 heavy (non-hydrogen) atoms. The lowest BCUT2D eigenvalue weighted by molar-refractivity contribution is 0.134. The number of hydrogen-bond donors (Lipinski definition) is 1. The molecule has 0 amide bonds. The number of aromatic nitrogens is 1. The van der Waals surface area contributed by atoms with Gasteiger partial charge in [-0.3, -0.25) is 9.88 Å². The number of nitrogens with zero attached hydrogens (tertiary/aromatic N) is 2. The Balaban J connectivity index is 1.82. The Bertz CT molecular complexity index is 589. The lowest BCUT2D eigenvalue weighted by Gasteiger charge is -2.37. The summed E-state index contributed by atoms with van der Waals surface area (Å²) in [7, 11) is 0. The van der Waals surface area contributed by atoms with Crippen LogP contribution in [0.5, 0.6) is 0 Å². The molecule has 2 heterocycles. The fourth-order valence-electron chi connectivity index (χ4n) is 3.30. The number of fused-ring (bicyclic) bond motifs is 1. The number of para-hydroxylation sites is 1. The topological polar surface area (TPSA) is 28.2 Å². The maximum atomic E-state index is 4.59. The zero-order valence-electron chi connectivity index (χ0n) is 13.0. The highest BCUT2D eigenvalue weighted by molar-refractivity contribution is 5.81. The first-order chi connectivity index (χ1) is 10.2. The summed E-state index contributed by atoms with van der Waals surface area (Å²) in [5.74, 6) is 0.739. The van der Waals surface area contributed by atoms with Crippen molar-refractivity contribution in [2.75, 3.05) is 19.6 Å². The number of pyridine rings is 1. The quantitative estimate of drug-likeness (QED) is 0.935. The van der Waals surface area contributed by atoms with Gasteiger partial charge in [-0.1, -0.05) is 38.1 Å². The lowest BCUT2D eigenvalue weighted by atomic mass is 9.99. The van der Waals surface area contributed by atoms with Crippen LogP contribution in [0.3, 0.4) is 0 Å². The fourth-order valence-corrected chi connectivity index (χ4v) is 3.30. The highest BCUT2D eigenvalue weighted by Gasteiger charge is 2.23. The summed E-state index contributed by atoms with van der Waals surface area (Å²) in [6.45, 7) is 8.95. The SMILES string of the molecule is CC(C)CC1CNCCN1Cc1cccc2cccnc12. The van der Waals surface area contributed by atoms with Gasteiger partial charge in [0.15, 0.2) is 0 Å². The van der Waals surface area contributed by atoms with Gasteiger partial charge in [0.1, 0.15) is 0 Å². The highest BCUT2D eigenvalue weighted by atomic mass is 15.2. The summed E-state index contributed by atoms with van der Waals surface area (Å²) in [5.41, 5.74) is 2.51. The number of hydrogen-bond acceptors (Lipinski definition) is 3. The predicted molar refractivity (Wildman–Crippen MR) is 88.3 cm³/mol.